The van der Waals surface area contributed by atoms with Crippen LogP contribution in [0.15, 0.2) is 61.1 Å². The molecule has 3 atom stereocenters. The van der Waals surface area contributed by atoms with Crippen LogP contribution in [0.4, 0.5) is 0 Å². The van der Waals surface area contributed by atoms with Crippen molar-refractivity contribution in [1.29, 1.82) is 0 Å². The van der Waals surface area contributed by atoms with E-state index in [0.29, 0.717) is 6.54 Å². The molecule has 3 heterocycles. The van der Waals surface area contributed by atoms with Crippen molar-refractivity contribution in [2.45, 2.75) is 56.9 Å². The van der Waals surface area contributed by atoms with Gasteiger partial charge in [-0.05, 0) is 36.5 Å². The van der Waals surface area contributed by atoms with Crippen LogP contribution in [0.1, 0.15) is 36.1 Å². The van der Waals surface area contributed by atoms with Gasteiger partial charge in [0.15, 0.2) is 0 Å². The molecule has 1 fully saturated rings. The molecule has 0 bridgehead atoms. The number of amides is 1. The van der Waals surface area contributed by atoms with E-state index in [1.165, 1.54) is 5.56 Å². The fraction of sp³-hybridized carbons (Fsp3) is 0.417. The van der Waals surface area contributed by atoms with Crippen molar-refractivity contribution in [3.05, 3.63) is 77.9 Å². The van der Waals surface area contributed by atoms with Crippen LogP contribution in [-0.2, 0) is 28.9 Å². The maximum absolute atomic E-state index is 12.4. The minimum Gasteiger partial charge on any atom is -0.394 e. The predicted molar refractivity (Wildman–Crippen MR) is 119 cm³/mol. The summed E-state index contributed by atoms with van der Waals surface area (Å²) in [7, 11) is 0. The molecule has 1 aromatic carbocycles. The van der Waals surface area contributed by atoms with E-state index in [0.717, 1.165) is 36.9 Å². The Bertz CT molecular complexity index is 980. The number of aromatic nitrogens is 4. The van der Waals surface area contributed by atoms with Gasteiger partial charge in [-0.2, -0.15) is 0 Å². The summed E-state index contributed by atoms with van der Waals surface area (Å²) in [6.45, 7) is 0.571. The van der Waals surface area contributed by atoms with E-state index in [1.54, 1.807) is 12.4 Å². The summed E-state index contributed by atoms with van der Waals surface area (Å²) in [5.41, 5.74) is 3.00. The highest BCUT2D eigenvalue weighted by Gasteiger charge is 2.31. The molecule has 32 heavy (non-hydrogen) atoms. The van der Waals surface area contributed by atoms with Gasteiger partial charge in [0.05, 0.1) is 30.9 Å². The van der Waals surface area contributed by atoms with Crippen LogP contribution in [0.3, 0.4) is 0 Å². The number of hydrogen-bond donors (Lipinski definition) is 2. The van der Waals surface area contributed by atoms with Gasteiger partial charge in [0, 0.05) is 31.6 Å². The van der Waals surface area contributed by atoms with Gasteiger partial charge >= 0.3 is 0 Å². The Morgan fingerprint density at radius 1 is 1.16 bits per heavy atom. The molecule has 8 nitrogen and oxygen atoms in total. The maximum Gasteiger partial charge on any atom is 0.224 e. The standard InChI is InChI=1S/C24H29N5O3/c30-17-23-22(26-24(31)14-19-7-4-11-25-15-19)9-8-21(32-23)10-12-29-16-20(27-28-29)13-18-5-2-1-3-6-18/h1-7,11,15-16,21-23,30H,8-10,12-14,17H2,(H,26,31)/t21-,22-,23+/m0/s1. The lowest BCUT2D eigenvalue weighted by Gasteiger charge is -2.36. The lowest BCUT2D eigenvalue weighted by Crippen LogP contribution is -2.51. The summed E-state index contributed by atoms with van der Waals surface area (Å²) in [4.78, 5) is 16.4. The topological polar surface area (TPSA) is 102 Å². The maximum atomic E-state index is 12.4. The summed E-state index contributed by atoms with van der Waals surface area (Å²) < 4.78 is 7.93. The molecular formula is C24H29N5O3. The van der Waals surface area contributed by atoms with Crippen molar-refractivity contribution in [2.75, 3.05) is 6.61 Å². The molecule has 3 aromatic rings. The third-order valence-corrected chi connectivity index (χ3v) is 5.72. The molecule has 1 aliphatic rings. The number of ether oxygens (including phenoxy) is 1. The van der Waals surface area contributed by atoms with E-state index in [4.69, 9.17) is 4.74 Å². The van der Waals surface area contributed by atoms with E-state index in [9.17, 15) is 9.90 Å². The minimum absolute atomic E-state index is 0.0143. The smallest absolute Gasteiger partial charge is 0.224 e. The molecular weight excluding hydrogens is 406 g/mol. The highest BCUT2D eigenvalue weighted by atomic mass is 16.5. The highest BCUT2D eigenvalue weighted by molar-refractivity contribution is 5.78. The number of carbonyl (C=O) groups excluding carboxylic acids is 1. The normalized spacial score (nSPS) is 20.7. The van der Waals surface area contributed by atoms with Crippen LogP contribution in [-0.4, -0.2) is 55.8 Å². The molecule has 1 saturated heterocycles. The number of rotatable bonds is 9. The number of pyridine rings is 1. The number of benzene rings is 1. The molecule has 1 amide bonds. The van der Waals surface area contributed by atoms with Crippen molar-refractivity contribution in [2.24, 2.45) is 0 Å². The van der Waals surface area contributed by atoms with Crippen LogP contribution < -0.4 is 5.32 Å². The first kappa shape index (κ1) is 22.1. The molecule has 0 saturated carbocycles. The first-order valence-electron chi connectivity index (χ1n) is 11.1. The van der Waals surface area contributed by atoms with Crippen molar-refractivity contribution in [3.8, 4) is 0 Å². The largest absolute Gasteiger partial charge is 0.394 e. The van der Waals surface area contributed by atoms with Gasteiger partial charge in [-0.1, -0.05) is 41.6 Å². The van der Waals surface area contributed by atoms with Crippen molar-refractivity contribution < 1.29 is 14.6 Å². The molecule has 2 N–H and O–H groups in total. The fourth-order valence-electron chi connectivity index (χ4n) is 4.07. The molecule has 0 radical (unpaired) electrons. The molecule has 1 aliphatic heterocycles. The molecule has 0 aliphatic carbocycles. The summed E-state index contributed by atoms with van der Waals surface area (Å²) >= 11 is 0. The van der Waals surface area contributed by atoms with Crippen molar-refractivity contribution in [3.63, 3.8) is 0 Å². The van der Waals surface area contributed by atoms with Crippen LogP contribution in [0, 0.1) is 0 Å². The second kappa shape index (κ2) is 11.0. The van der Waals surface area contributed by atoms with Crippen LogP contribution >= 0.6 is 0 Å². The number of hydrogen-bond acceptors (Lipinski definition) is 6. The second-order valence-corrected chi connectivity index (χ2v) is 8.19. The molecule has 168 valence electrons. The molecule has 0 unspecified atom stereocenters. The highest BCUT2D eigenvalue weighted by Crippen LogP contribution is 2.22. The number of aliphatic hydroxyl groups excluding tert-OH is 1. The van der Waals surface area contributed by atoms with E-state index >= 15 is 0 Å². The number of aryl methyl sites for hydroxylation is 1. The Labute approximate surface area is 187 Å². The second-order valence-electron chi connectivity index (χ2n) is 8.19. The average molecular weight is 436 g/mol. The van der Waals surface area contributed by atoms with E-state index in [2.05, 4.69) is 32.7 Å². The number of aliphatic hydroxyl groups is 1. The third-order valence-electron chi connectivity index (χ3n) is 5.72. The number of nitrogens with one attached hydrogen (secondary N) is 1. The van der Waals surface area contributed by atoms with Crippen LogP contribution in [0.5, 0.6) is 0 Å². The van der Waals surface area contributed by atoms with Crippen LogP contribution in [0.25, 0.3) is 0 Å². The Kier molecular flexibility index (Phi) is 7.58. The molecule has 8 heteroatoms. The van der Waals surface area contributed by atoms with E-state index in [-0.39, 0.29) is 31.1 Å². The lowest BCUT2D eigenvalue weighted by molar-refractivity contribution is -0.128. The Hall–Kier alpha value is -3.10. The lowest BCUT2D eigenvalue weighted by atomic mass is 9.97. The number of carbonyl (C=O) groups is 1. The van der Waals surface area contributed by atoms with Gasteiger partial charge in [-0.15, -0.1) is 5.10 Å². The summed E-state index contributed by atoms with van der Waals surface area (Å²) in [5.74, 6) is -0.0861. The zero-order chi connectivity index (χ0) is 22.2. The first-order valence-corrected chi connectivity index (χ1v) is 11.1. The molecule has 4 rings (SSSR count). The van der Waals surface area contributed by atoms with Gasteiger partial charge < -0.3 is 15.2 Å². The van der Waals surface area contributed by atoms with Gasteiger partial charge in [0.2, 0.25) is 5.91 Å². The van der Waals surface area contributed by atoms with E-state index < -0.39 is 6.10 Å². The van der Waals surface area contributed by atoms with Gasteiger partial charge in [-0.25, -0.2) is 0 Å². The monoisotopic (exact) mass is 435 g/mol. The Morgan fingerprint density at radius 2 is 2.00 bits per heavy atom. The zero-order valence-electron chi connectivity index (χ0n) is 18.0. The van der Waals surface area contributed by atoms with E-state index in [1.807, 2.05) is 41.2 Å². The van der Waals surface area contributed by atoms with Crippen LogP contribution in [0.2, 0.25) is 0 Å². The predicted octanol–water partition coefficient (Wildman–Crippen LogP) is 1.92. The Morgan fingerprint density at radius 3 is 2.78 bits per heavy atom. The average Bonchev–Trinajstić information content (AvgIpc) is 3.27. The quantitative estimate of drug-likeness (QED) is 0.532. The molecule has 2 aromatic heterocycles. The fourth-order valence-corrected chi connectivity index (χ4v) is 4.07. The van der Waals surface area contributed by atoms with Gasteiger partial charge in [-0.3, -0.25) is 14.5 Å². The van der Waals surface area contributed by atoms with Crippen molar-refractivity contribution in [1.82, 2.24) is 25.3 Å². The Balaban J connectivity index is 1.23. The van der Waals surface area contributed by atoms with Gasteiger partial charge in [0.1, 0.15) is 6.10 Å². The first-order chi connectivity index (χ1) is 15.7. The minimum atomic E-state index is -0.406. The summed E-state index contributed by atoms with van der Waals surface area (Å²) in [6, 6.07) is 13.7. The molecule has 0 spiro atoms. The SMILES string of the molecule is O=C(Cc1cccnc1)N[C@H]1CC[C@@H](CCn2cc(Cc3ccccc3)nn2)O[C@@H]1CO. The summed E-state index contributed by atoms with van der Waals surface area (Å²) in [5, 5.41) is 21.3. The number of nitrogens with zero attached hydrogens (tertiary/aromatic N) is 4. The van der Waals surface area contributed by atoms with Gasteiger partial charge in [0.25, 0.3) is 0 Å². The zero-order valence-corrected chi connectivity index (χ0v) is 18.0. The van der Waals surface area contributed by atoms with Crippen molar-refractivity contribution >= 4 is 5.91 Å². The third kappa shape index (κ3) is 6.21. The summed E-state index contributed by atoms with van der Waals surface area (Å²) in [6.07, 6.45) is 8.34.